The number of nitrogen functional groups attached to an aromatic ring is 1. The summed E-state index contributed by atoms with van der Waals surface area (Å²) in [6, 6.07) is 7.81. The predicted octanol–water partition coefficient (Wildman–Crippen LogP) is 1.56. The highest BCUT2D eigenvalue weighted by Gasteiger charge is 2.19. The molecule has 2 heterocycles. The lowest BCUT2D eigenvalue weighted by molar-refractivity contribution is -0.118. The zero-order chi connectivity index (χ0) is 21.1. The van der Waals surface area contributed by atoms with Crippen molar-refractivity contribution in [2.75, 3.05) is 42.7 Å². The van der Waals surface area contributed by atoms with E-state index in [4.69, 9.17) is 15.2 Å². The maximum atomic E-state index is 12.8. The standard InChI is InChI=1S/C21H22N4O5/c22-20-14(3-2-13-10-23-7-8-29-13)17(26)6-4-15(20)21(28)24-12-1-5-16-18(9-12)30-11-19(27)25-16/h1-6,9,13,23,26H,7-8,10-11,22H2,(H,24,28)(H,25,27)/b3-2+. The first-order valence-corrected chi connectivity index (χ1v) is 9.51. The van der Waals surface area contributed by atoms with E-state index in [1.165, 1.54) is 12.1 Å². The zero-order valence-electron chi connectivity index (χ0n) is 16.1. The SMILES string of the molecule is Nc1c(C(=O)Nc2ccc3c(c2)OCC(=O)N3)ccc(O)c1/C=C/C1CNCCO1. The number of amides is 2. The topological polar surface area (TPSA) is 135 Å². The Bertz CT molecular complexity index is 1010. The molecule has 9 heteroatoms. The van der Waals surface area contributed by atoms with Crippen LogP contribution in [0.1, 0.15) is 15.9 Å². The molecular weight excluding hydrogens is 388 g/mol. The molecule has 2 aromatic carbocycles. The van der Waals surface area contributed by atoms with Crippen LogP contribution in [0.5, 0.6) is 11.5 Å². The van der Waals surface area contributed by atoms with Gasteiger partial charge in [0.25, 0.3) is 11.8 Å². The summed E-state index contributed by atoms with van der Waals surface area (Å²) in [6.45, 7) is 1.99. The Kier molecular flexibility index (Phi) is 5.55. The summed E-state index contributed by atoms with van der Waals surface area (Å²) in [5.74, 6) is -0.221. The molecular formula is C21H22N4O5. The number of carbonyl (C=O) groups is 2. The van der Waals surface area contributed by atoms with Crippen LogP contribution in [0.3, 0.4) is 0 Å². The fraction of sp³-hybridized carbons (Fsp3) is 0.238. The highest BCUT2D eigenvalue weighted by molar-refractivity contribution is 6.09. The van der Waals surface area contributed by atoms with Gasteiger partial charge in [0.15, 0.2) is 6.61 Å². The lowest BCUT2D eigenvalue weighted by Crippen LogP contribution is -2.37. The van der Waals surface area contributed by atoms with Crippen LogP contribution in [0.25, 0.3) is 6.08 Å². The Morgan fingerprint density at radius 3 is 2.97 bits per heavy atom. The first-order chi connectivity index (χ1) is 14.5. The van der Waals surface area contributed by atoms with Gasteiger partial charge in [0.05, 0.1) is 29.6 Å². The van der Waals surface area contributed by atoms with Gasteiger partial charge in [0, 0.05) is 30.4 Å². The number of hydrogen-bond donors (Lipinski definition) is 5. The van der Waals surface area contributed by atoms with Crippen LogP contribution in [0.2, 0.25) is 0 Å². The molecule has 30 heavy (non-hydrogen) atoms. The van der Waals surface area contributed by atoms with Crippen molar-refractivity contribution in [2.45, 2.75) is 6.10 Å². The Balaban J connectivity index is 1.53. The Labute approximate surface area is 172 Å². The maximum absolute atomic E-state index is 12.8. The molecule has 0 saturated carbocycles. The van der Waals surface area contributed by atoms with E-state index < -0.39 is 5.91 Å². The summed E-state index contributed by atoms with van der Waals surface area (Å²) >= 11 is 0. The highest BCUT2D eigenvalue weighted by atomic mass is 16.5. The van der Waals surface area contributed by atoms with Gasteiger partial charge in [-0.3, -0.25) is 9.59 Å². The predicted molar refractivity (Wildman–Crippen MR) is 113 cm³/mol. The molecule has 0 aromatic heterocycles. The number of anilines is 3. The van der Waals surface area contributed by atoms with Crippen LogP contribution in [-0.4, -0.2) is 49.3 Å². The summed E-state index contributed by atoms with van der Waals surface area (Å²) in [5, 5.41) is 18.9. The first kappa shape index (κ1) is 19.7. The molecule has 0 aliphatic carbocycles. The molecule has 2 aromatic rings. The minimum Gasteiger partial charge on any atom is -0.507 e. The van der Waals surface area contributed by atoms with E-state index in [0.29, 0.717) is 35.8 Å². The second kappa shape index (κ2) is 8.44. The molecule has 2 aliphatic heterocycles. The molecule has 0 bridgehead atoms. The van der Waals surface area contributed by atoms with Crippen LogP contribution in [-0.2, 0) is 9.53 Å². The van der Waals surface area contributed by atoms with Crippen LogP contribution in [0.15, 0.2) is 36.4 Å². The Hall–Kier alpha value is -3.56. The van der Waals surface area contributed by atoms with Gasteiger partial charge in [-0.1, -0.05) is 12.2 Å². The van der Waals surface area contributed by atoms with E-state index in [2.05, 4.69) is 16.0 Å². The fourth-order valence-electron chi connectivity index (χ4n) is 3.26. The summed E-state index contributed by atoms with van der Waals surface area (Å²) < 4.78 is 11.0. The minimum absolute atomic E-state index is 0.0259. The molecule has 2 aliphatic rings. The molecule has 0 spiro atoms. The van der Waals surface area contributed by atoms with Gasteiger partial charge in [0.2, 0.25) is 0 Å². The van der Waals surface area contributed by atoms with Gasteiger partial charge in [-0.2, -0.15) is 0 Å². The summed E-state index contributed by atoms with van der Waals surface area (Å²) in [7, 11) is 0. The van der Waals surface area contributed by atoms with Gasteiger partial charge in [-0.05, 0) is 24.3 Å². The molecule has 2 amide bonds. The van der Waals surface area contributed by atoms with Crippen molar-refractivity contribution >= 4 is 35.0 Å². The number of morpholine rings is 1. The van der Waals surface area contributed by atoms with E-state index in [0.717, 1.165) is 6.54 Å². The lowest BCUT2D eigenvalue weighted by Gasteiger charge is -2.20. The second-order valence-electron chi connectivity index (χ2n) is 6.93. The van der Waals surface area contributed by atoms with Crippen molar-refractivity contribution in [1.82, 2.24) is 5.32 Å². The van der Waals surface area contributed by atoms with Gasteiger partial charge < -0.3 is 36.3 Å². The van der Waals surface area contributed by atoms with Crippen LogP contribution in [0.4, 0.5) is 17.1 Å². The maximum Gasteiger partial charge on any atom is 0.262 e. The van der Waals surface area contributed by atoms with Gasteiger partial charge >= 0.3 is 0 Å². The van der Waals surface area contributed by atoms with Gasteiger partial charge in [-0.15, -0.1) is 0 Å². The van der Waals surface area contributed by atoms with Crippen LogP contribution in [0, 0.1) is 0 Å². The quantitative estimate of drug-likeness (QED) is 0.483. The number of nitrogens with two attached hydrogens (primary N) is 1. The average Bonchev–Trinajstić information content (AvgIpc) is 2.74. The number of fused-ring (bicyclic) bond motifs is 1. The number of aromatic hydroxyl groups is 1. The number of rotatable bonds is 4. The smallest absolute Gasteiger partial charge is 0.262 e. The van der Waals surface area contributed by atoms with E-state index in [1.807, 2.05) is 0 Å². The Morgan fingerprint density at radius 1 is 1.30 bits per heavy atom. The van der Waals surface area contributed by atoms with Gasteiger partial charge in [-0.25, -0.2) is 0 Å². The molecule has 0 radical (unpaired) electrons. The van der Waals surface area contributed by atoms with Gasteiger partial charge in [0.1, 0.15) is 11.5 Å². The molecule has 1 saturated heterocycles. The number of benzene rings is 2. The molecule has 1 unspecified atom stereocenters. The zero-order valence-corrected chi connectivity index (χ0v) is 16.1. The van der Waals surface area contributed by atoms with Crippen molar-refractivity contribution in [1.29, 1.82) is 0 Å². The molecule has 9 nitrogen and oxygen atoms in total. The summed E-state index contributed by atoms with van der Waals surface area (Å²) in [4.78, 5) is 24.2. The second-order valence-corrected chi connectivity index (χ2v) is 6.93. The molecule has 6 N–H and O–H groups in total. The van der Waals surface area contributed by atoms with E-state index >= 15 is 0 Å². The number of phenols is 1. The van der Waals surface area contributed by atoms with E-state index in [1.54, 1.807) is 30.4 Å². The van der Waals surface area contributed by atoms with Crippen LogP contribution >= 0.6 is 0 Å². The summed E-state index contributed by atoms with van der Waals surface area (Å²) in [6.07, 6.45) is 3.33. The summed E-state index contributed by atoms with van der Waals surface area (Å²) in [5.41, 5.74) is 7.95. The lowest BCUT2D eigenvalue weighted by atomic mass is 10.0. The minimum atomic E-state index is -0.433. The third kappa shape index (κ3) is 4.22. The number of phenolic OH excluding ortho intramolecular Hbond substituents is 1. The number of hydrogen-bond acceptors (Lipinski definition) is 7. The van der Waals surface area contributed by atoms with Crippen molar-refractivity contribution in [2.24, 2.45) is 0 Å². The average molecular weight is 410 g/mol. The van der Waals surface area contributed by atoms with Crippen molar-refractivity contribution < 1.29 is 24.2 Å². The van der Waals surface area contributed by atoms with Crippen molar-refractivity contribution in [3.05, 3.63) is 47.5 Å². The number of carbonyl (C=O) groups excluding carboxylic acids is 2. The highest BCUT2D eigenvalue weighted by Crippen LogP contribution is 2.32. The van der Waals surface area contributed by atoms with Crippen LogP contribution < -0.4 is 26.4 Å². The third-order valence-corrected chi connectivity index (χ3v) is 4.81. The monoisotopic (exact) mass is 410 g/mol. The normalized spacial score (nSPS) is 18.4. The largest absolute Gasteiger partial charge is 0.507 e. The van der Waals surface area contributed by atoms with E-state index in [-0.39, 0.29) is 35.6 Å². The number of ether oxygens (including phenoxy) is 2. The molecule has 1 atom stereocenters. The third-order valence-electron chi connectivity index (χ3n) is 4.81. The van der Waals surface area contributed by atoms with Crippen molar-refractivity contribution in [3.63, 3.8) is 0 Å². The van der Waals surface area contributed by atoms with E-state index in [9.17, 15) is 14.7 Å². The fourth-order valence-corrected chi connectivity index (χ4v) is 3.26. The van der Waals surface area contributed by atoms with Crippen molar-refractivity contribution in [3.8, 4) is 11.5 Å². The number of nitrogens with one attached hydrogen (secondary N) is 3. The molecule has 156 valence electrons. The molecule has 4 rings (SSSR count). The molecule has 1 fully saturated rings. The first-order valence-electron chi connectivity index (χ1n) is 9.51. The Morgan fingerprint density at radius 2 is 2.17 bits per heavy atom.